The van der Waals surface area contributed by atoms with E-state index in [0.29, 0.717) is 5.92 Å². The lowest BCUT2D eigenvalue weighted by molar-refractivity contribution is 0.754. The van der Waals surface area contributed by atoms with Crippen LogP contribution in [0.3, 0.4) is 0 Å². The van der Waals surface area contributed by atoms with Crippen LogP contribution < -0.4 is 5.32 Å². The van der Waals surface area contributed by atoms with Crippen molar-refractivity contribution in [2.24, 2.45) is 5.92 Å². The molecule has 0 amide bonds. The van der Waals surface area contributed by atoms with Crippen LogP contribution in [-0.4, -0.2) is 13.1 Å². The van der Waals surface area contributed by atoms with Crippen molar-refractivity contribution >= 4 is 0 Å². The molecule has 1 heteroatoms. The Morgan fingerprint density at radius 2 is 2.67 bits per heavy atom. The fourth-order valence-electron chi connectivity index (χ4n) is 1.02. The lowest BCUT2D eigenvalue weighted by atomic mass is 10.1. The van der Waals surface area contributed by atoms with Crippen molar-refractivity contribution in [1.82, 2.24) is 5.32 Å². The molecule has 0 aromatic rings. The first-order chi connectivity index (χ1) is 4.43. The van der Waals surface area contributed by atoms with Crippen LogP contribution in [-0.2, 0) is 0 Å². The molecule has 0 radical (unpaired) electrons. The Hall–Kier alpha value is -0.480. The van der Waals surface area contributed by atoms with E-state index in [1.54, 1.807) is 0 Å². The van der Waals surface area contributed by atoms with Gasteiger partial charge >= 0.3 is 0 Å². The van der Waals surface area contributed by atoms with Crippen LogP contribution in [0, 0.1) is 17.8 Å². The number of hydrogen-bond donors (Lipinski definition) is 1. The molecule has 1 atom stereocenters. The van der Waals surface area contributed by atoms with Gasteiger partial charge < -0.3 is 5.32 Å². The predicted octanol–water partition coefficient (Wildman–Crippen LogP) is 1.26. The Morgan fingerprint density at radius 3 is 3.22 bits per heavy atom. The molecule has 1 aliphatic heterocycles. The summed E-state index contributed by atoms with van der Waals surface area (Å²) < 4.78 is 0. The highest BCUT2D eigenvalue weighted by Crippen LogP contribution is 2.04. The third-order valence-corrected chi connectivity index (χ3v) is 1.54. The van der Waals surface area contributed by atoms with E-state index in [-0.39, 0.29) is 1.43 Å². The minimum atomic E-state index is 0. The standard InChI is InChI=1S/C8H13N.H2/c1-2-3-4-8-5-6-9-7-8;/h8-9H,2,5-7H2,1H3;1H. The van der Waals surface area contributed by atoms with Crippen molar-refractivity contribution in [2.45, 2.75) is 19.8 Å². The van der Waals surface area contributed by atoms with E-state index in [9.17, 15) is 0 Å². The highest BCUT2D eigenvalue weighted by Gasteiger charge is 2.09. The zero-order valence-corrected chi connectivity index (χ0v) is 5.91. The van der Waals surface area contributed by atoms with E-state index in [0.717, 1.165) is 19.5 Å². The highest BCUT2D eigenvalue weighted by atomic mass is 14.9. The molecule has 1 nitrogen and oxygen atoms in total. The molecule has 0 bridgehead atoms. The lowest BCUT2D eigenvalue weighted by Gasteiger charge is -1.92. The van der Waals surface area contributed by atoms with E-state index >= 15 is 0 Å². The van der Waals surface area contributed by atoms with Gasteiger partial charge in [-0.3, -0.25) is 0 Å². The molecule has 1 unspecified atom stereocenters. The number of nitrogens with one attached hydrogen (secondary N) is 1. The van der Waals surface area contributed by atoms with Gasteiger partial charge in [0.25, 0.3) is 0 Å². The summed E-state index contributed by atoms with van der Waals surface area (Å²) in [5, 5.41) is 3.28. The molecule has 52 valence electrons. The maximum absolute atomic E-state index is 3.28. The zero-order chi connectivity index (χ0) is 6.53. The van der Waals surface area contributed by atoms with Crippen LogP contribution in [0.2, 0.25) is 0 Å². The molecule has 1 rings (SSSR count). The minimum absolute atomic E-state index is 0. The fourth-order valence-corrected chi connectivity index (χ4v) is 1.02. The molecule has 1 aliphatic rings. The Labute approximate surface area is 58.3 Å². The summed E-state index contributed by atoms with van der Waals surface area (Å²) in [6.07, 6.45) is 2.24. The summed E-state index contributed by atoms with van der Waals surface area (Å²) in [5.74, 6) is 6.96. The van der Waals surface area contributed by atoms with Crippen LogP contribution in [0.1, 0.15) is 21.2 Å². The second kappa shape index (κ2) is 3.53. The maximum atomic E-state index is 3.28. The molecule has 0 aliphatic carbocycles. The van der Waals surface area contributed by atoms with Gasteiger partial charge in [-0.1, -0.05) is 12.8 Å². The lowest BCUT2D eigenvalue weighted by Crippen LogP contribution is -2.07. The first-order valence-corrected chi connectivity index (χ1v) is 3.62. The molecule has 1 heterocycles. The summed E-state index contributed by atoms with van der Waals surface area (Å²) >= 11 is 0. The molecule has 1 saturated heterocycles. The first kappa shape index (κ1) is 6.64. The van der Waals surface area contributed by atoms with Gasteiger partial charge in [0.15, 0.2) is 0 Å². The summed E-state index contributed by atoms with van der Waals surface area (Å²) in [6, 6.07) is 0. The monoisotopic (exact) mass is 125 g/mol. The Balaban J connectivity index is 0.000000810. The van der Waals surface area contributed by atoms with E-state index in [1.165, 1.54) is 6.42 Å². The first-order valence-electron chi connectivity index (χ1n) is 3.62. The number of hydrogen-bond acceptors (Lipinski definition) is 1. The molecular formula is C8H15N. The average molecular weight is 125 g/mol. The van der Waals surface area contributed by atoms with Gasteiger partial charge in [-0.15, -0.1) is 5.92 Å². The van der Waals surface area contributed by atoms with Crippen molar-refractivity contribution in [3.63, 3.8) is 0 Å². The normalized spacial score (nSPS) is 25.2. The molecule has 0 saturated carbocycles. The van der Waals surface area contributed by atoms with Crippen molar-refractivity contribution in [2.75, 3.05) is 13.1 Å². The van der Waals surface area contributed by atoms with Crippen LogP contribution in [0.15, 0.2) is 0 Å². The molecule has 0 aromatic carbocycles. The maximum Gasteiger partial charge on any atom is 0.0339 e. The van der Waals surface area contributed by atoms with Gasteiger partial charge in [-0.2, -0.15) is 0 Å². The Bertz CT molecular complexity index is 128. The third kappa shape index (κ3) is 2.07. The summed E-state index contributed by atoms with van der Waals surface area (Å²) in [5.41, 5.74) is 0. The quantitative estimate of drug-likeness (QED) is 0.480. The van der Waals surface area contributed by atoms with Crippen LogP contribution in [0.4, 0.5) is 0 Å². The van der Waals surface area contributed by atoms with Gasteiger partial charge in [0, 0.05) is 20.3 Å². The Morgan fingerprint density at radius 1 is 1.78 bits per heavy atom. The van der Waals surface area contributed by atoms with E-state index < -0.39 is 0 Å². The van der Waals surface area contributed by atoms with Crippen molar-refractivity contribution in [3.8, 4) is 11.8 Å². The van der Waals surface area contributed by atoms with Gasteiger partial charge in [0.2, 0.25) is 0 Å². The molecule has 9 heavy (non-hydrogen) atoms. The third-order valence-electron chi connectivity index (χ3n) is 1.54. The predicted molar refractivity (Wildman–Crippen MR) is 41.2 cm³/mol. The smallest absolute Gasteiger partial charge is 0.0339 e. The molecule has 0 aromatic heterocycles. The van der Waals surface area contributed by atoms with E-state index in [2.05, 4.69) is 24.1 Å². The highest BCUT2D eigenvalue weighted by molar-refractivity contribution is 5.05. The summed E-state index contributed by atoms with van der Waals surface area (Å²) in [6.45, 7) is 4.35. The minimum Gasteiger partial charge on any atom is -0.315 e. The Kier molecular flexibility index (Phi) is 2.60. The average Bonchev–Trinajstić information content (AvgIpc) is 2.34. The van der Waals surface area contributed by atoms with Gasteiger partial charge in [-0.05, 0) is 13.0 Å². The summed E-state index contributed by atoms with van der Waals surface area (Å²) in [7, 11) is 0. The largest absolute Gasteiger partial charge is 0.315 e. The molecule has 1 fully saturated rings. The molecule has 1 N–H and O–H groups in total. The molecular weight excluding hydrogens is 110 g/mol. The second-order valence-corrected chi connectivity index (χ2v) is 2.36. The van der Waals surface area contributed by atoms with E-state index in [4.69, 9.17) is 0 Å². The van der Waals surface area contributed by atoms with Crippen LogP contribution in [0.25, 0.3) is 0 Å². The van der Waals surface area contributed by atoms with Crippen LogP contribution in [0.5, 0.6) is 0 Å². The van der Waals surface area contributed by atoms with Crippen molar-refractivity contribution < 1.29 is 1.43 Å². The van der Waals surface area contributed by atoms with Crippen molar-refractivity contribution in [3.05, 3.63) is 0 Å². The van der Waals surface area contributed by atoms with Gasteiger partial charge in [-0.25, -0.2) is 0 Å². The molecule has 0 spiro atoms. The SMILES string of the molecule is CCC#CC1CCNC1.[HH]. The topological polar surface area (TPSA) is 12.0 Å². The van der Waals surface area contributed by atoms with Gasteiger partial charge in [0.1, 0.15) is 0 Å². The fraction of sp³-hybridized carbons (Fsp3) is 0.750. The van der Waals surface area contributed by atoms with Crippen molar-refractivity contribution in [1.29, 1.82) is 0 Å². The second-order valence-electron chi connectivity index (χ2n) is 2.36. The summed E-state index contributed by atoms with van der Waals surface area (Å²) in [4.78, 5) is 0. The van der Waals surface area contributed by atoms with E-state index in [1.807, 2.05) is 0 Å². The zero-order valence-electron chi connectivity index (χ0n) is 5.91. The number of rotatable bonds is 0. The van der Waals surface area contributed by atoms with Gasteiger partial charge in [0.05, 0.1) is 0 Å². The van der Waals surface area contributed by atoms with Crippen LogP contribution >= 0.6 is 0 Å².